The van der Waals surface area contributed by atoms with Gasteiger partial charge in [-0.2, -0.15) is 0 Å². The highest BCUT2D eigenvalue weighted by Gasteiger charge is 2.01. The SMILES string of the molecule is CCCCCCCCCCN(C)Cc1cncc(Br)c1. The van der Waals surface area contributed by atoms with Crippen molar-refractivity contribution in [3.63, 3.8) is 0 Å². The van der Waals surface area contributed by atoms with Gasteiger partial charge < -0.3 is 4.90 Å². The smallest absolute Gasteiger partial charge is 0.0410 e. The Balaban J connectivity index is 2.01. The lowest BCUT2D eigenvalue weighted by atomic mass is 10.1. The van der Waals surface area contributed by atoms with Crippen LogP contribution < -0.4 is 0 Å². The summed E-state index contributed by atoms with van der Waals surface area (Å²) in [7, 11) is 2.20. The maximum Gasteiger partial charge on any atom is 0.0410 e. The number of aromatic nitrogens is 1. The van der Waals surface area contributed by atoms with Crippen molar-refractivity contribution in [3.8, 4) is 0 Å². The molecule has 1 heterocycles. The maximum atomic E-state index is 4.21. The second-order valence-corrected chi connectivity index (χ2v) is 6.64. The van der Waals surface area contributed by atoms with Gasteiger partial charge in [-0.15, -0.1) is 0 Å². The largest absolute Gasteiger partial charge is 0.302 e. The van der Waals surface area contributed by atoms with Gasteiger partial charge in [0.1, 0.15) is 0 Å². The van der Waals surface area contributed by atoms with E-state index in [1.54, 1.807) is 0 Å². The number of nitrogens with zero attached hydrogens (tertiary/aromatic N) is 2. The van der Waals surface area contributed by atoms with Gasteiger partial charge in [-0.3, -0.25) is 4.98 Å². The van der Waals surface area contributed by atoms with Gasteiger partial charge in [0.25, 0.3) is 0 Å². The third kappa shape index (κ3) is 8.70. The van der Waals surface area contributed by atoms with E-state index in [0.717, 1.165) is 11.0 Å². The van der Waals surface area contributed by atoms with E-state index in [9.17, 15) is 0 Å². The van der Waals surface area contributed by atoms with Crippen molar-refractivity contribution in [2.45, 2.75) is 64.8 Å². The van der Waals surface area contributed by atoms with Crippen molar-refractivity contribution in [2.24, 2.45) is 0 Å². The normalized spacial score (nSPS) is 11.2. The zero-order valence-electron chi connectivity index (χ0n) is 13.1. The Morgan fingerprint density at radius 2 is 1.65 bits per heavy atom. The molecule has 0 aliphatic heterocycles. The Morgan fingerprint density at radius 1 is 1.00 bits per heavy atom. The van der Waals surface area contributed by atoms with E-state index >= 15 is 0 Å². The molecule has 3 heteroatoms. The van der Waals surface area contributed by atoms with Crippen LogP contribution in [0.4, 0.5) is 0 Å². The molecule has 0 aromatic carbocycles. The minimum atomic E-state index is 0.989. The summed E-state index contributed by atoms with van der Waals surface area (Å²) >= 11 is 3.47. The van der Waals surface area contributed by atoms with Crippen LogP contribution in [0.2, 0.25) is 0 Å². The van der Waals surface area contributed by atoms with E-state index in [2.05, 4.69) is 45.9 Å². The van der Waals surface area contributed by atoms with E-state index in [1.807, 2.05) is 12.4 Å². The predicted molar refractivity (Wildman–Crippen MR) is 90.9 cm³/mol. The number of pyridine rings is 1. The van der Waals surface area contributed by atoms with Gasteiger partial charge in [0.2, 0.25) is 0 Å². The third-order valence-corrected chi connectivity index (χ3v) is 4.04. The van der Waals surface area contributed by atoms with E-state index in [4.69, 9.17) is 0 Å². The molecule has 0 atom stereocenters. The van der Waals surface area contributed by atoms with Gasteiger partial charge in [-0.1, -0.05) is 51.9 Å². The molecule has 20 heavy (non-hydrogen) atoms. The van der Waals surface area contributed by atoms with Crippen LogP contribution in [-0.2, 0) is 6.54 Å². The second kappa shape index (κ2) is 11.3. The van der Waals surface area contributed by atoms with Crippen LogP contribution in [0.25, 0.3) is 0 Å². The van der Waals surface area contributed by atoms with Crippen molar-refractivity contribution in [1.82, 2.24) is 9.88 Å². The molecule has 1 aromatic rings. The first-order chi connectivity index (χ1) is 9.72. The zero-order valence-corrected chi connectivity index (χ0v) is 14.7. The molecule has 0 unspecified atom stereocenters. The lowest BCUT2D eigenvalue weighted by Gasteiger charge is -2.16. The number of hydrogen-bond acceptors (Lipinski definition) is 2. The fraction of sp³-hybridized carbons (Fsp3) is 0.706. The Labute approximate surface area is 133 Å². The van der Waals surface area contributed by atoms with Gasteiger partial charge in [0, 0.05) is 23.4 Å². The van der Waals surface area contributed by atoms with Crippen molar-refractivity contribution in [3.05, 3.63) is 28.5 Å². The Morgan fingerprint density at radius 3 is 2.30 bits per heavy atom. The van der Waals surface area contributed by atoms with Crippen molar-refractivity contribution in [1.29, 1.82) is 0 Å². The fourth-order valence-electron chi connectivity index (χ4n) is 2.45. The fourth-order valence-corrected chi connectivity index (χ4v) is 2.86. The topological polar surface area (TPSA) is 16.1 Å². The van der Waals surface area contributed by atoms with Crippen LogP contribution in [0.1, 0.15) is 63.9 Å². The first-order valence-electron chi connectivity index (χ1n) is 8.00. The lowest BCUT2D eigenvalue weighted by molar-refractivity contribution is 0.316. The quantitative estimate of drug-likeness (QED) is 0.500. The number of hydrogen-bond donors (Lipinski definition) is 0. The van der Waals surface area contributed by atoms with E-state index in [1.165, 1.54) is 63.5 Å². The third-order valence-electron chi connectivity index (χ3n) is 3.61. The average Bonchev–Trinajstić information content (AvgIpc) is 2.42. The van der Waals surface area contributed by atoms with E-state index in [-0.39, 0.29) is 0 Å². The molecule has 0 fully saturated rings. The summed E-state index contributed by atoms with van der Waals surface area (Å²) in [4.78, 5) is 6.60. The summed E-state index contributed by atoms with van der Waals surface area (Å²) in [6, 6.07) is 2.15. The van der Waals surface area contributed by atoms with Gasteiger partial charge in [0.15, 0.2) is 0 Å². The Bertz CT molecular complexity index is 355. The molecule has 0 aliphatic rings. The Hall–Kier alpha value is -0.410. The Kier molecular flexibility index (Phi) is 9.94. The summed E-state index contributed by atoms with van der Waals surface area (Å²) in [6.07, 6.45) is 14.9. The minimum absolute atomic E-state index is 0.989. The molecule has 114 valence electrons. The van der Waals surface area contributed by atoms with Gasteiger partial charge in [0.05, 0.1) is 0 Å². The van der Waals surface area contributed by atoms with Crippen LogP contribution in [0.15, 0.2) is 22.9 Å². The molecule has 0 bridgehead atoms. The summed E-state index contributed by atoms with van der Waals surface area (Å²) < 4.78 is 1.07. The predicted octanol–water partition coefficient (Wildman–Crippen LogP) is 5.42. The molecular formula is C17H29BrN2. The summed E-state index contributed by atoms with van der Waals surface area (Å²) in [5.74, 6) is 0. The molecule has 0 radical (unpaired) electrons. The highest BCUT2D eigenvalue weighted by Crippen LogP contribution is 2.12. The molecule has 0 saturated carbocycles. The first kappa shape index (κ1) is 17.6. The van der Waals surface area contributed by atoms with Crippen LogP contribution >= 0.6 is 15.9 Å². The molecule has 0 spiro atoms. The molecule has 1 rings (SSSR count). The zero-order chi connectivity index (χ0) is 14.6. The second-order valence-electron chi connectivity index (χ2n) is 5.72. The molecule has 0 amide bonds. The standard InChI is InChI=1S/C17H29BrN2/c1-3-4-5-6-7-8-9-10-11-20(2)15-16-12-17(18)14-19-13-16/h12-14H,3-11,15H2,1-2H3. The first-order valence-corrected chi connectivity index (χ1v) is 8.79. The van der Waals surface area contributed by atoms with Gasteiger partial charge >= 0.3 is 0 Å². The van der Waals surface area contributed by atoms with Crippen molar-refractivity contribution in [2.75, 3.05) is 13.6 Å². The lowest BCUT2D eigenvalue weighted by Crippen LogP contribution is -2.19. The molecule has 0 saturated heterocycles. The van der Waals surface area contributed by atoms with Crippen molar-refractivity contribution < 1.29 is 0 Å². The summed E-state index contributed by atoms with van der Waals surface area (Å²) in [5.41, 5.74) is 1.28. The van der Waals surface area contributed by atoms with Crippen LogP contribution in [0, 0.1) is 0 Å². The molecule has 0 aliphatic carbocycles. The number of rotatable bonds is 11. The van der Waals surface area contributed by atoms with Crippen molar-refractivity contribution >= 4 is 15.9 Å². The van der Waals surface area contributed by atoms with Crippen LogP contribution in [0.3, 0.4) is 0 Å². The van der Waals surface area contributed by atoms with Gasteiger partial charge in [-0.05, 0) is 47.6 Å². The minimum Gasteiger partial charge on any atom is -0.302 e. The molecular weight excluding hydrogens is 312 g/mol. The van der Waals surface area contributed by atoms with Crippen LogP contribution in [-0.4, -0.2) is 23.5 Å². The highest BCUT2D eigenvalue weighted by molar-refractivity contribution is 9.10. The number of halogens is 1. The molecule has 0 N–H and O–H groups in total. The summed E-state index contributed by atoms with van der Waals surface area (Å²) in [6.45, 7) is 4.45. The van der Waals surface area contributed by atoms with Gasteiger partial charge in [-0.25, -0.2) is 0 Å². The number of unbranched alkanes of at least 4 members (excludes halogenated alkanes) is 7. The average molecular weight is 341 g/mol. The van der Waals surface area contributed by atoms with E-state index < -0.39 is 0 Å². The highest BCUT2D eigenvalue weighted by atomic mass is 79.9. The molecule has 2 nitrogen and oxygen atoms in total. The van der Waals surface area contributed by atoms with Crippen LogP contribution in [0.5, 0.6) is 0 Å². The molecule has 1 aromatic heterocycles. The maximum absolute atomic E-state index is 4.21. The monoisotopic (exact) mass is 340 g/mol. The van der Waals surface area contributed by atoms with E-state index in [0.29, 0.717) is 0 Å². The summed E-state index contributed by atoms with van der Waals surface area (Å²) in [5, 5.41) is 0.